The molecule has 5 nitrogen and oxygen atoms in total. The molecule has 2 aromatic heterocycles. The highest BCUT2D eigenvalue weighted by Crippen LogP contribution is 2.24. The zero-order valence-corrected chi connectivity index (χ0v) is 11.1. The number of hydrogen-bond acceptors (Lipinski definition) is 5. The van der Waals surface area contributed by atoms with Crippen LogP contribution in [0.5, 0.6) is 5.88 Å². The van der Waals surface area contributed by atoms with Gasteiger partial charge >= 0.3 is 5.97 Å². The quantitative estimate of drug-likeness (QED) is 0.846. The standard InChI is InChI=1S/C13H12N2O3S/c1-18-11-6-2-4-9(15-11)8-19-12-10(13(16)17)5-3-7-14-12/h2-7H,8H2,1H3,(H,16,17). The summed E-state index contributed by atoms with van der Waals surface area (Å²) in [6.45, 7) is 0. The molecule has 0 amide bonds. The fourth-order valence-electron chi connectivity index (χ4n) is 1.46. The van der Waals surface area contributed by atoms with Gasteiger partial charge in [-0.15, -0.1) is 0 Å². The van der Waals surface area contributed by atoms with E-state index in [2.05, 4.69) is 9.97 Å². The second-order valence-corrected chi connectivity index (χ2v) is 4.59. The van der Waals surface area contributed by atoms with Crippen molar-refractivity contribution in [2.75, 3.05) is 7.11 Å². The maximum absolute atomic E-state index is 11.0. The molecule has 0 radical (unpaired) electrons. The first-order valence-electron chi connectivity index (χ1n) is 5.51. The van der Waals surface area contributed by atoms with E-state index < -0.39 is 5.97 Å². The van der Waals surface area contributed by atoms with Gasteiger partial charge < -0.3 is 9.84 Å². The van der Waals surface area contributed by atoms with Gasteiger partial charge in [-0.1, -0.05) is 17.8 Å². The third-order valence-electron chi connectivity index (χ3n) is 2.35. The molecule has 0 fully saturated rings. The molecule has 19 heavy (non-hydrogen) atoms. The highest BCUT2D eigenvalue weighted by atomic mass is 32.2. The first-order valence-corrected chi connectivity index (χ1v) is 6.50. The Hall–Kier alpha value is -2.08. The van der Waals surface area contributed by atoms with Gasteiger partial charge in [0.1, 0.15) is 5.03 Å². The van der Waals surface area contributed by atoms with Crippen LogP contribution in [0.1, 0.15) is 16.1 Å². The summed E-state index contributed by atoms with van der Waals surface area (Å²) in [6.07, 6.45) is 1.58. The second-order valence-electron chi connectivity index (χ2n) is 3.62. The van der Waals surface area contributed by atoms with Crippen LogP contribution in [0.2, 0.25) is 0 Å². The Kier molecular flexibility index (Phi) is 4.35. The molecule has 2 aromatic rings. The molecule has 6 heteroatoms. The minimum Gasteiger partial charge on any atom is -0.481 e. The number of aromatic nitrogens is 2. The number of nitrogens with zero attached hydrogens (tertiary/aromatic N) is 2. The van der Waals surface area contributed by atoms with Crippen LogP contribution in [-0.4, -0.2) is 28.2 Å². The summed E-state index contributed by atoms with van der Waals surface area (Å²) in [5, 5.41) is 9.54. The summed E-state index contributed by atoms with van der Waals surface area (Å²) in [6, 6.07) is 8.61. The van der Waals surface area contributed by atoms with Crippen LogP contribution in [0.3, 0.4) is 0 Å². The average molecular weight is 276 g/mol. The van der Waals surface area contributed by atoms with Crippen LogP contribution < -0.4 is 4.74 Å². The van der Waals surface area contributed by atoms with Gasteiger partial charge in [0, 0.05) is 18.0 Å². The average Bonchev–Trinajstić information content (AvgIpc) is 2.45. The fourth-order valence-corrected chi connectivity index (χ4v) is 2.35. The summed E-state index contributed by atoms with van der Waals surface area (Å²) < 4.78 is 5.04. The van der Waals surface area contributed by atoms with Crippen molar-refractivity contribution in [2.24, 2.45) is 0 Å². The number of rotatable bonds is 5. The van der Waals surface area contributed by atoms with Gasteiger partial charge in [0.25, 0.3) is 0 Å². The summed E-state index contributed by atoms with van der Waals surface area (Å²) in [7, 11) is 1.56. The van der Waals surface area contributed by atoms with E-state index in [4.69, 9.17) is 9.84 Å². The third kappa shape index (κ3) is 3.45. The zero-order chi connectivity index (χ0) is 13.7. The predicted molar refractivity (Wildman–Crippen MR) is 71.5 cm³/mol. The third-order valence-corrected chi connectivity index (χ3v) is 3.39. The van der Waals surface area contributed by atoms with Crippen molar-refractivity contribution in [3.8, 4) is 5.88 Å². The van der Waals surface area contributed by atoms with Gasteiger partial charge in [-0.25, -0.2) is 14.8 Å². The lowest BCUT2D eigenvalue weighted by atomic mass is 10.3. The van der Waals surface area contributed by atoms with Crippen LogP contribution in [0.4, 0.5) is 0 Å². The highest BCUT2D eigenvalue weighted by molar-refractivity contribution is 7.98. The molecule has 0 unspecified atom stereocenters. The molecule has 2 rings (SSSR count). The molecule has 2 heterocycles. The lowest BCUT2D eigenvalue weighted by molar-refractivity contribution is 0.0692. The van der Waals surface area contributed by atoms with Gasteiger partial charge in [-0.05, 0) is 18.2 Å². The number of methoxy groups -OCH3 is 1. The van der Waals surface area contributed by atoms with E-state index >= 15 is 0 Å². The first-order chi connectivity index (χ1) is 9.20. The molecule has 0 bridgehead atoms. The minimum absolute atomic E-state index is 0.204. The van der Waals surface area contributed by atoms with Gasteiger partial charge in [0.05, 0.1) is 18.4 Å². The van der Waals surface area contributed by atoms with E-state index in [1.54, 1.807) is 25.4 Å². The molecular formula is C13H12N2O3S. The molecule has 0 spiro atoms. The van der Waals surface area contributed by atoms with Crippen molar-refractivity contribution in [2.45, 2.75) is 10.8 Å². The maximum Gasteiger partial charge on any atom is 0.338 e. The van der Waals surface area contributed by atoms with Gasteiger partial charge in [0.15, 0.2) is 0 Å². The number of aromatic carboxylic acids is 1. The van der Waals surface area contributed by atoms with Gasteiger partial charge in [-0.3, -0.25) is 0 Å². The smallest absolute Gasteiger partial charge is 0.338 e. The van der Waals surface area contributed by atoms with Crippen molar-refractivity contribution >= 4 is 17.7 Å². The Labute approximate surface area is 114 Å². The molecule has 1 N–H and O–H groups in total. The van der Waals surface area contributed by atoms with Gasteiger partial charge in [0.2, 0.25) is 5.88 Å². The number of carboxylic acids is 1. The Bertz CT molecular complexity index is 590. The number of pyridine rings is 2. The SMILES string of the molecule is COc1cccc(CSc2ncccc2C(=O)O)n1. The number of ether oxygens (including phenoxy) is 1. The van der Waals surface area contributed by atoms with Crippen LogP contribution in [0.15, 0.2) is 41.6 Å². The maximum atomic E-state index is 11.0. The monoisotopic (exact) mass is 276 g/mol. The van der Waals surface area contributed by atoms with E-state index in [1.807, 2.05) is 12.1 Å². The van der Waals surface area contributed by atoms with Crippen molar-refractivity contribution in [3.05, 3.63) is 47.8 Å². The van der Waals surface area contributed by atoms with Gasteiger partial charge in [-0.2, -0.15) is 0 Å². The molecule has 0 aromatic carbocycles. The van der Waals surface area contributed by atoms with E-state index in [9.17, 15) is 4.79 Å². The topological polar surface area (TPSA) is 72.3 Å². The molecule has 0 aliphatic carbocycles. The Morgan fingerprint density at radius 3 is 2.95 bits per heavy atom. The van der Waals surface area contributed by atoms with Crippen LogP contribution >= 0.6 is 11.8 Å². The zero-order valence-electron chi connectivity index (χ0n) is 10.2. The first kappa shape index (κ1) is 13.4. The lowest BCUT2D eigenvalue weighted by Crippen LogP contribution is -2.00. The fraction of sp³-hybridized carbons (Fsp3) is 0.154. The highest BCUT2D eigenvalue weighted by Gasteiger charge is 2.11. The van der Waals surface area contributed by atoms with E-state index in [1.165, 1.54) is 17.8 Å². The molecular weight excluding hydrogens is 264 g/mol. The van der Waals surface area contributed by atoms with Crippen LogP contribution in [-0.2, 0) is 5.75 Å². The summed E-state index contributed by atoms with van der Waals surface area (Å²) in [4.78, 5) is 19.4. The lowest BCUT2D eigenvalue weighted by Gasteiger charge is -2.05. The van der Waals surface area contributed by atoms with Crippen LogP contribution in [0, 0.1) is 0 Å². The molecule has 0 atom stereocenters. The molecule has 98 valence electrons. The molecule has 0 aliphatic rings. The van der Waals surface area contributed by atoms with Crippen molar-refractivity contribution in [1.29, 1.82) is 0 Å². The summed E-state index contributed by atoms with van der Waals surface area (Å²) in [5.74, 6) is 0.0980. The number of thioether (sulfide) groups is 1. The van der Waals surface area contributed by atoms with Crippen molar-refractivity contribution in [1.82, 2.24) is 9.97 Å². The Morgan fingerprint density at radius 2 is 2.21 bits per heavy atom. The molecule has 0 saturated heterocycles. The number of hydrogen-bond donors (Lipinski definition) is 1. The van der Waals surface area contributed by atoms with E-state index in [0.717, 1.165) is 5.69 Å². The largest absolute Gasteiger partial charge is 0.481 e. The van der Waals surface area contributed by atoms with Crippen LogP contribution in [0.25, 0.3) is 0 Å². The Morgan fingerprint density at radius 1 is 1.37 bits per heavy atom. The normalized spacial score (nSPS) is 10.2. The number of carbonyl (C=O) groups is 1. The Balaban J connectivity index is 2.12. The second kappa shape index (κ2) is 6.19. The predicted octanol–water partition coefficient (Wildman–Crippen LogP) is 2.48. The molecule has 0 saturated carbocycles. The van der Waals surface area contributed by atoms with Crippen molar-refractivity contribution < 1.29 is 14.6 Å². The van der Waals surface area contributed by atoms with E-state index in [0.29, 0.717) is 16.7 Å². The number of carboxylic acid groups (broad SMARTS) is 1. The minimum atomic E-state index is -0.978. The molecule has 0 aliphatic heterocycles. The summed E-state index contributed by atoms with van der Waals surface area (Å²) in [5.41, 5.74) is 1.02. The summed E-state index contributed by atoms with van der Waals surface area (Å²) >= 11 is 1.34. The van der Waals surface area contributed by atoms with E-state index in [-0.39, 0.29) is 5.56 Å². The van der Waals surface area contributed by atoms with Crippen molar-refractivity contribution in [3.63, 3.8) is 0 Å².